The van der Waals surface area contributed by atoms with Crippen LogP contribution in [0.15, 0.2) is 24.3 Å². The van der Waals surface area contributed by atoms with Crippen LogP contribution < -0.4 is 0 Å². The molecule has 82 valence electrons. The number of rotatable bonds is 3. The van der Waals surface area contributed by atoms with Crippen LogP contribution in [0.5, 0.6) is 0 Å². The minimum atomic E-state index is -0.609. The summed E-state index contributed by atoms with van der Waals surface area (Å²) < 4.78 is 0. The van der Waals surface area contributed by atoms with Crippen LogP contribution in [0.1, 0.15) is 20.8 Å². The number of fused-ring (bicyclic) bond motifs is 1. The summed E-state index contributed by atoms with van der Waals surface area (Å²) in [4.78, 5) is 25.4. The minimum absolute atomic E-state index is 0.186. The van der Waals surface area contributed by atoms with Crippen LogP contribution in [0.3, 0.4) is 0 Å². The van der Waals surface area contributed by atoms with E-state index >= 15 is 0 Å². The Bertz CT molecular complexity index is 557. The van der Waals surface area contributed by atoms with Gasteiger partial charge in [0.25, 0.3) is 0 Å². The van der Waals surface area contributed by atoms with Crippen LogP contribution in [-0.2, 0) is 0 Å². The molecule has 0 saturated carbocycles. The van der Waals surface area contributed by atoms with Gasteiger partial charge in [0.1, 0.15) is 0 Å². The van der Waals surface area contributed by atoms with Crippen molar-refractivity contribution < 1.29 is 9.59 Å². The van der Waals surface area contributed by atoms with Crippen LogP contribution >= 0.6 is 7.92 Å². The van der Waals surface area contributed by atoms with Gasteiger partial charge in [0, 0.05) is 16.5 Å². The maximum absolute atomic E-state index is 11.8. The fourth-order valence-electron chi connectivity index (χ4n) is 1.61. The number of nitrogens with one attached hydrogen (secondary N) is 1. The lowest BCUT2D eigenvalue weighted by Gasteiger charge is -2.03. The van der Waals surface area contributed by atoms with Crippen molar-refractivity contribution in [1.82, 2.24) is 4.98 Å². The van der Waals surface area contributed by atoms with Crippen molar-refractivity contribution in [3.63, 3.8) is 0 Å². The third kappa shape index (κ3) is 1.91. The Balaban J connectivity index is 2.51. The molecule has 0 aliphatic heterocycles. The van der Waals surface area contributed by atoms with Crippen molar-refractivity contribution in [2.75, 3.05) is 13.3 Å². The van der Waals surface area contributed by atoms with E-state index in [0.29, 0.717) is 5.69 Å². The van der Waals surface area contributed by atoms with Crippen molar-refractivity contribution in [3.8, 4) is 0 Å². The zero-order valence-electron chi connectivity index (χ0n) is 9.15. The van der Waals surface area contributed by atoms with Crippen molar-refractivity contribution in [1.29, 1.82) is 0 Å². The topological polar surface area (TPSA) is 49.9 Å². The fraction of sp³-hybridized carbons (Fsp3) is 0.167. The number of carbonyl (C=O) groups excluding carboxylic acids is 2. The second kappa shape index (κ2) is 4.18. The SMILES string of the molecule is CP(C)C(=O)c1ccc2[nH]c(C=O)cc2c1. The summed E-state index contributed by atoms with van der Waals surface area (Å²) in [7, 11) is -0.609. The third-order valence-electron chi connectivity index (χ3n) is 2.42. The number of aromatic nitrogens is 1. The van der Waals surface area contributed by atoms with Gasteiger partial charge in [0.15, 0.2) is 11.8 Å². The van der Waals surface area contributed by atoms with Gasteiger partial charge in [-0.3, -0.25) is 9.59 Å². The van der Waals surface area contributed by atoms with Crippen molar-refractivity contribution >= 4 is 30.6 Å². The molecular formula is C12H12NO2P. The molecule has 0 aliphatic rings. The van der Waals surface area contributed by atoms with Gasteiger partial charge in [-0.25, -0.2) is 0 Å². The predicted octanol–water partition coefficient (Wildman–Crippen LogP) is 2.86. The number of benzene rings is 1. The Labute approximate surface area is 94.6 Å². The largest absolute Gasteiger partial charge is 0.352 e. The summed E-state index contributed by atoms with van der Waals surface area (Å²) in [5.74, 6) is 0. The lowest BCUT2D eigenvalue weighted by molar-refractivity contribution is 0.108. The van der Waals surface area contributed by atoms with Crippen molar-refractivity contribution in [2.24, 2.45) is 0 Å². The lowest BCUT2D eigenvalue weighted by Crippen LogP contribution is -1.94. The van der Waals surface area contributed by atoms with Gasteiger partial charge >= 0.3 is 0 Å². The zero-order valence-corrected chi connectivity index (χ0v) is 10.0. The number of hydrogen-bond donors (Lipinski definition) is 1. The quantitative estimate of drug-likeness (QED) is 0.654. The molecule has 0 fully saturated rings. The average molecular weight is 233 g/mol. The maximum Gasteiger partial charge on any atom is 0.183 e. The Morgan fingerprint density at radius 2 is 2.06 bits per heavy atom. The number of hydrogen-bond acceptors (Lipinski definition) is 2. The van der Waals surface area contributed by atoms with Crippen LogP contribution in [0.2, 0.25) is 0 Å². The molecule has 1 heterocycles. The van der Waals surface area contributed by atoms with E-state index in [2.05, 4.69) is 4.98 Å². The average Bonchev–Trinajstić information content (AvgIpc) is 2.69. The normalized spacial score (nSPS) is 10.9. The smallest absolute Gasteiger partial charge is 0.183 e. The molecule has 4 heteroatoms. The molecule has 0 unspecified atom stereocenters. The van der Waals surface area contributed by atoms with Gasteiger partial charge in [-0.15, -0.1) is 0 Å². The minimum Gasteiger partial charge on any atom is -0.352 e. The number of aldehydes is 1. The Kier molecular flexibility index (Phi) is 2.88. The van der Waals surface area contributed by atoms with Crippen LogP contribution in [-0.4, -0.2) is 30.1 Å². The second-order valence-electron chi connectivity index (χ2n) is 3.84. The van der Waals surface area contributed by atoms with Gasteiger partial charge in [-0.05, 0) is 45.5 Å². The third-order valence-corrected chi connectivity index (χ3v) is 3.49. The Hall–Kier alpha value is -1.47. The van der Waals surface area contributed by atoms with E-state index < -0.39 is 7.92 Å². The van der Waals surface area contributed by atoms with Crippen molar-refractivity contribution in [3.05, 3.63) is 35.5 Å². The second-order valence-corrected chi connectivity index (χ2v) is 6.04. The van der Waals surface area contributed by atoms with Gasteiger partial charge in [-0.1, -0.05) is 0 Å². The van der Waals surface area contributed by atoms with Crippen molar-refractivity contribution in [2.45, 2.75) is 0 Å². The van der Waals surface area contributed by atoms with Crippen LogP contribution in [0.4, 0.5) is 0 Å². The summed E-state index contributed by atoms with van der Waals surface area (Å²) in [6.07, 6.45) is 0.772. The molecule has 1 aromatic heterocycles. The zero-order chi connectivity index (χ0) is 11.7. The summed E-state index contributed by atoms with van der Waals surface area (Å²) in [5, 5.41) is 0.907. The summed E-state index contributed by atoms with van der Waals surface area (Å²) >= 11 is 0. The predicted molar refractivity (Wildman–Crippen MR) is 66.8 cm³/mol. The monoisotopic (exact) mass is 233 g/mol. The summed E-state index contributed by atoms with van der Waals surface area (Å²) in [6.45, 7) is 3.88. The number of carbonyl (C=O) groups is 2. The molecule has 2 aromatic rings. The fourth-order valence-corrected chi connectivity index (χ4v) is 2.27. The Morgan fingerprint density at radius 1 is 1.31 bits per heavy atom. The Morgan fingerprint density at radius 3 is 2.69 bits per heavy atom. The molecule has 1 aromatic carbocycles. The maximum atomic E-state index is 11.8. The van der Waals surface area contributed by atoms with E-state index in [9.17, 15) is 9.59 Å². The first kappa shape index (κ1) is 11.0. The van der Waals surface area contributed by atoms with E-state index in [-0.39, 0.29) is 5.52 Å². The lowest BCUT2D eigenvalue weighted by atomic mass is 10.2. The summed E-state index contributed by atoms with van der Waals surface area (Å²) in [6, 6.07) is 7.24. The molecular weight excluding hydrogens is 221 g/mol. The summed E-state index contributed by atoms with van der Waals surface area (Å²) in [5.41, 5.74) is 2.33. The molecule has 0 atom stereocenters. The van der Waals surface area contributed by atoms with Gasteiger partial charge in [-0.2, -0.15) is 0 Å². The molecule has 0 amide bonds. The van der Waals surface area contributed by atoms with Crippen LogP contribution in [0, 0.1) is 0 Å². The highest BCUT2D eigenvalue weighted by molar-refractivity contribution is 7.74. The van der Waals surface area contributed by atoms with E-state index in [4.69, 9.17) is 0 Å². The molecule has 0 aliphatic carbocycles. The molecule has 2 rings (SSSR count). The first-order valence-electron chi connectivity index (χ1n) is 4.91. The van der Waals surface area contributed by atoms with E-state index in [0.717, 1.165) is 22.8 Å². The molecule has 0 radical (unpaired) electrons. The highest BCUT2D eigenvalue weighted by Crippen LogP contribution is 2.31. The number of aromatic amines is 1. The van der Waals surface area contributed by atoms with Gasteiger partial charge in [0.2, 0.25) is 0 Å². The van der Waals surface area contributed by atoms with Gasteiger partial charge < -0.3 is 4.98 Å². The van der Waals surface area contributed by atoms with E-state index in [1.54, 1.807) is 12.1 Å². The molecule has 16 heavy (non-hydrogen) atoms. The highest BCUT2D eigenvalue weighted by atomic mass is 31.1. The molecule has 0 saturated heterocycles. The first-order chi connectivity index (χ1) is 7.61. The standard InChI is InChI=1S/C12H12NO2P/c1-16(2)12(15)8-3-4-11-9(5-8)6-10(7-14)13-11/h3-7,13H,1-2H3. The first-order valence-corrected chi connectivity index (χ1v) is 7.15. The highest BCUT2D eigenvalue weighted by Gasteiger charge is 2.11. The molecule has 3 nitrogen and oxygen atoms in total. The van der Waals surface area contributed by atoms with Gasteiger partial charge in [0.05, 0.1) is 5.69 Å². The van der Waals surface area contributed by atoms with Crippen LogP contribution in [0.25, 0.3) is 10.9 Å². The number of H-pyrrole nitrogens is 1. The van der Waals surface area contributed by atoms with E-state index in [1.807, 2.05) is 25.5 Å². The van der Waals surface area contributed by atoms with E-state index in [1.165, 1.54) is 0 Å². The molecule has 0 spiro atoms. The molecule has 1 N–H and O–H groups in total. The molecule has 0 bridgehead atoms.